The molecule has 1 fully saturated rings. The topological polar surface area (TPSA) is 23.6 Å². The van der Waals surface area contributed by atoms with Gasteiger partial charge in [0.25, 0.3) is 0 Å². The van der Waals surface area contributed by atoms with Crippen molar-refractivity contribution in [3.05, 3.63) is 0 Å². The fraction of sp³-hybridized carbons (Fsp3) is 0.889. The van der Waals surface area contributed by atoms with Gasteiger partial charge in [0.1, 0.15) is 0 Å². The molecule has 3 heteroatoms. The number of amides is 1. The van der Waals surface area contributed by atoms with Gasteiger partial charge in [-0.2, -0.15) is 0 Å². The van der Waals surface area contributed by atoms with Crippen LogP contribution in [0.4, 0.5) is 0 Å². The Hall–Kier alpha value is -0.570. The van der Waals surface area contributed by atoms with E-state index >= 15 is 0 Å². The average molecular weight is 170 g/mol. The van der Waals surface area contributed by atoms with Gasteiger partial charge in [0.15, 0.2) is 0 Å². The smallest absolute Gasteiger partial charge is 0.222 e. The Balaban J connectivity index is 2.29. The molecule has 1 saturated heterocycles. The van der Waals surface area contributed by atoms with Gasteiger partial charge in [0, 0.05) is 32.6 Å². The SMILES string of the molecule is CCCC(=O)N1CCN(C)CC1. The largest absolute Gasteiger partial charge is 0.340 e. The number of hydrogen-bond acceptors (Lipinski definition) is 2. The van der Waals surface area contributed by atoms with E-state index in [-0.39, 0.29) is 0 Å². The lowest BCUT2D eigenvalue weighted by atomic mass is 10.2. The lowest BCUT2D eigenvalue weighted by Crippen LogP contribution is -2.47. The Bertz CT molecular complexity index is 151. The first kappa shape index (κ1) is 9.52. The summed E-state index contributed by atoms with van der Waals surface area (Å²) in [5, 5.41) is 0. The number of carbonyl (C=O) groups is 1. The van der Waals surface area contributed by atoms with Crippen LogP contribution in [0.15, 0.2) is 0 Å². The molecular weight excluding hydrogens is 152 g/mol. The molecule has 1 amide bonds. The van der Waals surface area contributed by atoms with Gasteiger partial charge in [-0.1, -0.05) is 6.92 Å². The molecule has 0 aliphatic carbocycles. The van der Waals surface area contributed by atoms with E-state index in [0.717, 1.165) is 32.6 Å². The van der Waals surface area contributed by atoms with E-state index in [4.69, 9.17) is 0 Å². The number of carbonyl (C=O) groups excluding carboxylic acids is 1. The van der Waals surface area contributed by atoms with Crippen molar-refractivity contribution in [2.75, 3.05) is 33.2 Å². The predicted molar refractivity (Wildman–Crippen MR) is 49.0 cm³/mol. The summed E-state index contributed by atoms with van der Waals surface area (Å²) in [6, 6.07) is 0. The molecular formula is C9H18N2O. The third kappa shape index (κ3) is 2.48. The summed E-state index contributed by atoms with van der Waals surface area (Å²) in [7, 11) is 2.10. The molecule has 0 aromatic carbocycles. The first-order valence-electron chi connectivity index (χ1n) is 4.70. The maximum atomic E-state index is 11.4. The Morgan fingerprint density at radius 2 is 1.83 bits per heavy atom. The van der Waals surface area contributed by atoms with Crippen LogP contribution in [0.25, 0.3) is 0 Å². The van der Waals surface area contributed by atoms with Gasteiger partial charge >= 0.3 is 0 Å². The van der Waals surface area contributed by atoms with Crippen LogP contribution in [0.5, 0.6) is 0 Å². The molecule has 70 valence electrons. The number of likely N-dealkylation sites (N-methyl/N-ethyl adjacent to an activating group) is 1. The van der Waals surface area contributed by atoms with E-state index < -0.39 is 0 Å². The third-order valence-electron chi connectivity index (χ3n) is 2.32. The Morgan fingerprint density at radius 3 is 2.33 bits per heavy atom. The Morgan fingerprint density at radius 1 is 1.25 bits per heavy atom. The van der Waals surface area contributed by atoms with Crippen molar-refractivity contribution in [1.29, 1.82) is 0 Å². The number of nitrogens with zero attached hydrogens (tertiary/aromatic N) is 2. The number of rotatable bonds is 2. The van der Waals surface area contributed by atoms with E-state index in [1.54, 1.807) is 0 Å². The molecule has 0 spiro atoms. The van der Waals surface area contributed by atoms with Crippen LogP contribution >= 0.6 is 0 Å². The van der Waals surface area contributed by atoms with Crippen LogP contribution in [-0.4, -0.2) is 48.9 Å². The van der Waals surface area contributed by atoms with Crippen molar-refractivity contribution in [3.8, 4) is 0 Å². The van der Waals surface area contributed by atoms with Gasteiger partial charge < -0.3 is 9.80 Å². The highest BCUT2D eigenvalue weighted by atomic mass is 16.2. The van der Waals surface area contributed by atoms with Crippen LogP contribution in [-0.2, 0) is 4.79 Å². The van der Waals surface area contributed by atoms with E-state index in [0.29, 0.717) is 12.3 Å². The van der Waals surface area contributed by atoms with Crippen molar-refractivity contribution in [1.82, 2.24) is 9.80 Å². The third-order valence-corrected chi connectivity index (χ3v) is 2.32. The van der Waals surface area contributed by atoms with Gasteiger partial charge in [-0.25, -0.2) is 0 Å². The lowest BCUT2D eigenvalue weighted by Gasteiger charge is -2.32. The molecule has 0 N–H and O–H groups in total. The highest BCUT2D eigenvalue weighted by molar-refractivity contribution is 5.76. The molecule has 1 aliphatic rings. The molecule has 0 aromatic heterocycles. The fourth-order valence-corrected chi connectivity index (χ4v) is 1.43. The minimum atomic E-state index is 0.325. The molecule has 1 rings (SSSR count). The van der Waals surface area contributed by atoms with E-state index in [1.165, 1.54) is 0 Å². The molecule has 3 nitrogen and oxygen atoms in total. The highest BCUT2D eigenvalue weighted by Crippen LogP contribution is 2.02. The Kier molecular flexibility index (Phi) is 3.53. The summed E-state index contributed by atoms with van der Waals surface area (Å²) in [6.45, 7) is 5.92. The molecule has 1 aliphatic heterocycles. The lowest BCUT2D eigenvalue weighted by molar-refractivity contribution is -0.132. The maximum Gasteiger partial charge on any atom is 0.222 e. The quantitative estimate of drug-likeness (QED) is 0.604. The van der Waals surface area contributed by atoms with Crippen molar-refractivity contribution < 1.29 is 4.79 Å². The molecule has 0 radical (unpaired) electrons. The summed E-state index contributed by atoms with van der Waals surface area (Å²) < 4.78 is 0. The molecule has 12 heavy (non-hydrogen) atoms. The maximum absolute atomic E-state index is 11.4. The first-order valence-corrected chi connectivity index (χ1v) is 4.70. The minimum Gasteiger partial charge on any atom is -0.340 e. The van der Waals surface area contributed by atoms with Crippen molar-refractivity contribution >= 4 is 5.91 Å². The van der Waals surface area contributed by atoms with Crippen LogP contribution in [0.3, 0.4) is 0 Å². The van der Waals surface area contributed by atoms with Crippen molar-refractivity contribution in [2.45, 2.75) is 19.8 Å². The monoisotopic (exact) mass is 170 g/mol. The molecule has 0 saturated carbocycles. The fourth-order valence-electron chi connectivity index (χ4n) is 1.43. The second kappa shape index (κ2) is 4.45. The number of piperazine rings is 1. The van der Waals surface area contributed by atoms with E-state index in [9.17, 15) is 4.79 Å². The zero-order chi connectivity index (χ0) is 8.97. The minimum absolute atomic E-state index is 0.325. The first-order chi connectivity index (χ1) is 5.74. The van der Waals surface area contributed by atoms with Crippen LogP contribution < -0.4 is 0 Å². The van der Waals surface area contributed by atoms with E-state index in [2.05, 4.69) is 11.9 Å². The van der Waals surface area contributed by atoms with Gasteiger partial charge in [-0.05, 0) is 13.5 Å². The zero-order valence-corrected chi connectivity index (χ0v) is 8.05. The second-order valence-electron chi connectivity index (χ2n) is 3.43. The number of hydrogen-bond donors (Lipinski definition) is 0. The van der Waals surface area contributed by atoms with Crippen LogP contribution in [0, 0.1) is 0 Å². The van der Waals surface area contributed by atoms with Gasteiger partial charge in [0.05, 0.1) is 0 Å². The molecule has 0 atom stereocenters. The highest BCUT2D eigenvalue weighted by Gasteiger charge is 2.17. The van der Waals surface area contributed by atoms with Gasteiger partial charge in [-0.15, -0.1) is 0 Å². The molecule has 1 heterocycles. The van der Waals surface area contributed by atoms with Crippen LogP contribution in [0.2, 0.25) is 0 Å². The summed E-state index contributed by atoms with van der Waals surface area (Å²) in [5.74, 6) is 0.325. The van der Waals surface area contributed by atoms with Gasteiger partial charge in [-0.3, -0.25) is 4.79 Å². The van der Waals surface area contributed by atoms with Crippen LogP contribution in [0.1, 0.15) is 19.8 Å². The Labute approximate surface area is 74.3 Å². The summed E-state index contributed by atoms with van der Waals surface area (Å²) in [6.07, 6.45) is 1.68. The normalized spacial score (nSPS) is 19.7. The standard InChI is InChI=1S/C9H18N2O/c1-3-4-9(12)11-7-5-10(2)6-8-11/h3-8H2,1-2H3. The average Bonchev–Trinajstić information content (AvgIpc) is 2.06. The molecule has 0 unspecified atom stereocenters. The summed E-state index contributed by atoms with van der Waals surface area (Å²) in [5.41, 5.74) is 0. The second-order valence-corrected chi connectivity index (χ2v) is 3.43. The van der Waals surface area contributed by atoms with Crippen molar-refractivity contribution in [3.63, 3.8) is 0 Å². The zero-order valence-electron chi connectivity index (χ0n) is 8.05. The summed E-state index contributed by atoms with van der Waals surface area (Å²) >= 11 is 0. The predicted octanol–water partition coefficient (Wildman–Crippen LogP) is 0.560. The van der Waals surface area contributed by atoms with Gasteiger partial charge in [0.2, 0.25) is 5.91 Å². The van der Waals surface area contributed by atoms with E-state index in [1.807, 2.05) is 11.8 Å². The molecule has 0 aromatic rings. The molecule has 0 bridgehead atoms. The van der Waals surface area contributed by atoms with Crippen molar-refractivity contribution in [2.24, 2.45) is 0 Å². The summed E-state index contributed by atoms with van der Waals surface area (Å²) in [4.78, 5) is 15.6.